The number of carbonyl (C=O) groups is 2. The Kier molecular flexibility index (Phi) is 5.37. The van der Waals surface area contributed by atoms with E-state index in [1.807, 2.05) is 5.43 Å². The number of aliphatic hydroxyl groups is 1. The van der Waals surface area contributed by atoms with Gasteiger partial charge < -0.3 is 22.6 Å². The molecule has 1 unspecified atom stereocenters. The number of halogens is 1. The van der Waals surface area contributed by atoms with Gasteiger partial charge in [-0.2, -0.15) is 20.6 Å². The van der Waals surface area contributed by atoms with Gasteiger partial charge in [-0.15, -0.1) is 0 Å². The number of rotatable bonds is 2. The van der Waals surface area contributed by atoms with E-state index in [0.29, 0.717) is 0 Å². The molecule has 8 heteroatoms. The van der Waals surface area contributed by atoms with E-state index in [1.54, 1.807) is 0 Å². The van der Waals surface area contributed by atoms with Gasteiger partial charge in [0.1, 0.15) is 6.20 Å². The first-order chi connectivity index (χ1) is 7.06. The van der Waals surface area contributed by atoms with E-state index in [2.05, 4.69) is 0 Å². The number of aliphatic carboxylic acids is 1. The van der Waals surface area contributed by atoms with Gasteiger partial charge in [-0.3, -0.25) is 0 Å². The van der Waals surface area contributed by atoms with Crippen molar-refractivity contribution >= 4 is 12.0 Å². The number of nitrogen functional groups attached to an aromatic ring is 1. The molecule has 0 radical (unpaired) electrons. The van der Waals surface area contributed by atoms with Crippen molar-refractivity contribution in [2.45, 2.75) is 6.10 Å². The lowest BCUT2D eigenvalue weighted by Gasteiger charge is -2.04. The number of pyridine rings is 1. The zero-order valence-corrected chi connectivity index (χ0v) is 8.76. The summed E-state index contributed by atoms with van der Waals surface area (Å²) in [4.78, 5) is 21.5. The van der Waals surface area contributed by atoms with Crippen molar-refractivity contribution < 1.29 is 36.8 Å². The van der Waals surface area contributed by atoms with Crippen LogP contribution in [0.15, 0.2) is 24.5 Å². The maximum Gasteiger partial charge on any atom is 0.513 e. The summed E-state index contributed by atoms with van der Waals surface area (Å²) in [6, 6.07) is 2.19. The minimum absolute atomic E-state index is 0. The lowest BCUT2D eigenvalue weighted by Crippen LogP contribution is -3.00. The van der Waals surface area contributed by atoms with Crippen LogP contribution in [0.3, 0.4) is 0 Å². The third-order valence-corrected chi connectivity index (χ3v) is 1.73. The lowest BCUT2D eigenvalue weighted by atomic mass is 10.2. The summed E-state index contributed by atoms with van der Waals surface area (Å²) in [7, 11) is 0. The monoisotopic (exact) mass is 247 g/mol. The molecule has 0 saturated carbocycles. The molecule has 0 aliphatic rings. The number of hydrazine groups is 1. The van der Waals surface area contributed by atoms with Crippen LogP contribution in [0, 0.1) is 0 Å². The van der Waals surface area contributed by atoms with Crippen LogP contribution in [-0.2, 0) is 4.79 Å². The Bertz CT molecular complexity index is 399. The molecule has 1 aromatic rings. The number of aliphatic hydroxyl groups excluding tert-OH is 1. The van der Waals surface area contributed by atoms with E-state index in [1.165, 1.54) is 24.5 Å². The molecule has 0 spiro atoms. The molecule has 1 aromatic heterocycles. The van der Waals surface area contributed by atoms with E-state index in [-0.39, 0.29) is 18.0 Å². The second-order valence-corrected chi connectivity index (χ2v) is 2.73. The third kappa shape index (κ3) is 3.16. The molecule has 0 aromatic carbocycles. The van der Waals surface area contributed by atoms with Crippen molar-refractivity contribution in [2.75, 3.05) is 0 Å². The first-order valence-electron chi connectivity index (χ1n) is 3.99. The number of carboxylic acid groups (broad SMARTS) is 1. The molecular weight excluding hydrogens is 238 g/mol. The number of hydrogen-bond acceptors (Lipinski definition) is 4. The fourth-order valence-corrected chi connectivity index (χ4v) is 0.999. The standard InChI is InChI=1S/C8H9N3O4.ClH/c9-10-8(15)11-3-1-2-5(4-11)6(12)7(13)14;/h1-4,6,12H,9H2,(H-,10,13,14,15);1H. The number of nitrogens with two attached hydrogens (primary N) is 1. The van der Waals surface area contributed by atoms with Crippen molar-refractivity contribution in [3.05, 3.63) is 30.1 Å². The predicted octanol–water partition coefficient (Wildman–Crippen LogP) is -4.47. The molecule has 7 nitrogen and oxygen atoms in total. The highest BCUT2D eigenvalue weighted by atomic mass is 35.5. The van der Waals surface area contributed by atoms with Crippen LogP contribution >= 0.6 is 0 Å². The SMILES string of the molecule is NNC(=O)[n+]1cccc(C(O)C(=O)O)c1.[Cl-]. The molecule has 5 N–H and O–H groups in total. The summed E-state index contributed by atoms with van der Waals surface area (Å²) in [5.41, 5.74) is 1.96. The average molecular weight is 248 g/mol. The van der Waals surface area contributed by atoms with E-state index >= 15 is 0 Å². The van der Waals surface area contributed by atoms with Crippen LogP contribution in [0.4, 0.5) is 4.79 Å². The zero-order valence-electron chi connectivity index (χ0n) is 8.00. The van der Waals surface area contributed by atoms with Gasteiger partial charge in [0, 0.05) is 5.56 Å². The second kappa shape index (κ2) is 6.01. The van der Waals surface area contributed by atoms with Crippen LogP contribution in [0.5, 0.6) is 0 Å². The van der Waals surface area contributed by atoms with Gasteiger partial charge >= 0.3 is 12.0 Å². The van der Waals surface area contributed by atoms with E-state index in [9.17, 15) is 14.7 Å². The highest BCUT2D eigenvalue weighted by molar-refractivity contribution is 5.73. The second-order valence-electron chi connectivity index (χ2n) is 2.73. The minimum atomic E-state index is -1.66. The molecule has 1 heterocycles. The topological polar surface area (TPSA) is 117 Å². The summed E-state index contributed by atoms with van der Waals surface area (Å²) in [5, 5.41) is 17.7. The molecule has 0 saturated heterocycles. The Balaban J connectivity index is 0.00000225. The third-order valence-electron chi connectivity index (χ3n) is 1.73. The van der Waals surface area contributed by atoms with Crippen molar-refractivity contribution in [1.29, 1.82) is 0 Å². The zero-order chi connectivity index (χ0) is 11.4. The number of nitrogens with one attached hydrogen (secondary N) is 1. The molecule has 0 fully saturated rings. The van der Waals surface area contributed by atoms with Crippen LogP contribution < -0.4 is 28.2 Å². The largest absolute Gasteiger partial charge is 1.00 e. The van der Waals surface area contributed by atoms with Gasteiger partial charge in [0.15, 0.2) is 6.10 Å². The van der Waals surface area contributed by atoms with E-state index in [0.717, 1.165) is 4.57 Å². The Morgan fingerprint density at radius 1 is 1.50 bits per heavy atom. The average Bonchev–Trinajstić information content (AvgIpc) is 2.27. The van der Waals surface area contributed by atoms with E-state index < -0.39 is 18.1 Å². The number of nitrogens with zero attached hydrogens (tertiary/aromatic N) is 1. The first kappa shape index (κ1) is 14.3. The van der Waals surface area contributed by atoms with Crippen LogP contribution in [-0.4, -0.2) is 22.2 Å². The Morgan fingerprint density at radius 3 is 2.62 bits per heavy atom. The van der Waals surface area contributed by atoms with Gasteiger partial charge in [0.05, 0.1) is 6.20 Å². The predicted molar refractivity (Wildman–Crippen MR) is 47.3 cm³/mol. The highest BCUT2D eigenvalue weighted by Crippen LogP contribution is 2.09. The molecule has 88 valence electrons. The first-order valence-corrected chi connectivity index (χ1v) is 3.99. The van der Waals surface area contributed by atoms with Gasteiger partial charge in [0.25, 0.3) is 0 Å². The fraction of sp³-hybridized carbons (Fsp3) is 0.125. The minimum Gasteiger partial charge on any atom is -1.00 e. The van der Waals surface area contributed by atoms with Gasteiger partial charge in [-0.1, -0.05) is 0 Å². The molecule has 0 aliphatic heterocycles. The van der Waals surface area contributed by atoms with Crippen LogP contribution in [0.1, 0.15) is 11.7 Å². The summed E-state index contributed by atoms with van der Waals surface area (Å²) in [6.45, 7) is 0. The normalized spacial score (nSPS) is 11.1. The molecule has 1 amide bonds. The Hall–Kier alpha value is -1.70. The molecule has 1 rings (SSSR count). The van der Waals surface area contributed by atoms with E-state index in [4.69, 9.17) is 10.9 Å². The lowest BCUT2D eigenvalue weighted by molar-refractivity contribution is -0.572. The fourth-order valence-electron chi connectivity index (χ4n) is 0.999. The molecule has 1 atom stereocenters. The highest BCUT2D eigenvalue weighted by Gasteiger charge is 2.19. The summed E-state index contributed by atoms with van der Waals surface area (Å²) in [5.74, 6) is 3.50. The number of aromatic nitrogens is 1. The quantitative estimate of drug-likeness (QED) is 0.182. The Morgan fingerprint density at radius 2 is 2.12 bits per heavy atom. The number of carboxylic acids is 1. The van der Waals surface area contributed by atoms with Crippen molar-refractivity contribution in [1.82, 2.24) is 5.43 Å². The maximum atomic E-state index is 11.1. The molecule has 0 aliphatic carbocycles. The Labute approximate surface area is 96.9 Å². The van der Waals surface area contributed by atoms with Crippen molar-refractivity contribution in [3.63, 3.8) is 0 Å². The summed E-state index contributed by atoms with van der Waals surface area (Å²) < 4.78 is 1.03. The van der Waals surface area contributed by atoms with Gasteiger partial charge in [-0.05, 0) is 12.1 Å². The van der Waals surface area contributed by atoms with Crippen molar-refractivity contribution in [2.24, 2.45) is 5.84 Å². The number of amides is 1. The van der Waals surface area contributed by atoms with Gasteiger partial charge in [0.2, 0.25) is 0 Å². The van der Waals surface area contributed by atoms with Crippen molar-refractivity contribution in [3.8, 4) is 0 Å². The summed E-state index contributed by atoms with van der Waals surface area (Å²) >= 11 is 0. The molecular formula is C8H10ClN3O4. The number of hydrogen-bond donors (Lipinski definition) is 4. The van der Waals surface area contributed by atoms with Gasteiger partial charge in [-0.25, -0.2) is 4.79 Å². The summed E-state index contributed by atoms with van der Waals surface area (Å²) in [6.07, 6.45) is 0.893. The molecule has 16 heavy (non-hydrogen) atoms. The van der Waals surface area contributed by atoms with Crippen LogP contribution in [0.2, 0.25) is 0 Å². The smallest absolute Gasteiger partial charge is 0.513 e. The van der Waals surface area contributed by atoms with Crippen LogP contribution in [0.25, 0.3) is 0 Å². The number of carbonyl (C=O) groups excluding carboxylic acids is 1. The molecule has 0 bridgehead atoms. The maximum absolute atomic E-state index is 11.1.